The molecule has 7 nitrogen and oxygen atoms in total. The summed E-state index contributed by atoms with van der Waals surface area (Å²) >= 11 is 0.962. The molecule has 0 fully saturated rings. The molecule has 1 heterocycles. The van der Waals surface area contributed by atoms with Crippen molar-refractivity contribution in [3.63, 3.8) is 0 Å². The van der Waals surface area contributed by atoms with Gasteiger partial charge in [0.2, 0.25) is 0 Å². The van der Waals surface area contributed by atoms with E-state index in [0.29, 0.717) is 12.0 Å². The molecule has 8 heteroatoms. The monoisotopic (exact) mass is 433 g/mol. The number of rotatable bonds is 7. The van der Waals surface area contributed by atoms with E-state index in [0.717, 1.165) is 16.9 Å². The minimum Gasteiger partial charge on any atom is -0.462 e. The van der Waals surface area contributed by atoms with E-state index in [2.05, 4.69) is 5.32 Å². The number of esters is 2. The molecule has 0 atom stereocenters. The summed E-state index contributed by atoms with van der Waals surface area (Å²) in [7, 11) is 0. The third kappa shape index (κ3) is 6.59. The van der Waals surface area contributed by atoms with E-state index < -0.39 is 23.6 Å². The zero-order chi connectivity index (χ0) is 22.3. The average Bonchev–Trinajstić information content (AvgIpc) is 2.97. The van der Waals surface area contributed by atoms with Crippen LogP contribution in [0, 0.1) is 6.92 Å². The molecule has 2 aromatic rings. The molecule has 162 valence electrons. The van der Waals surface area contributed by atoms with Gasteiger partial charge in [-0.05, 0) is 45.7 Å². The molecule has 0 bridgehead atoms. The Kier molecular flexibility index (Phi) is 8.00. The molecule has 0 saturated carbocycles. The highest BCUT2D eigenvalue weighted by molar-refractivity contribution is 7.18. The largest absolute Gasteiger partial charge is 0.462 e. The number of anilines is 1. The quantitative estimate of drug-likeness (QED) is 0.489. The van der Waals surface area contributed by atoms with Crippen molar-refractivity contribution in [3.05, 3.63) is 51.9 Å². The molecule has 2 rings (SSSR count). The van der Waals surface area contributed by atoms with Gasteiger partial charge in [0.05, 0.1) is 18.8 Å². The molecular formula is C22H27NO6S. The van der Waals surface area contributed by atoms with E-state index in [1.807, 2.05) is 30.3 Å². The van der Waals surface area contributed by atoms with Gasteiger partial charge < -0.3 is 14.2 Å². The maximum atomic E-state index is 12.6. The fourth-order valence-electron chi connectivity index (χ4n) is 2.61. The molecule has 1 amide bonds. The highest BCUT2D eigenvalue weighted by Gasteiger charge is 2.28. The van der Waals surface area contributed by atoms with Gasteiger partial charge in [-0.1, -0.05) is 30.3 Å². The molecule has 1 N–H and O–H groups in total. The van der Waals surface area contributed by atoms with Gasteiger partial charge in [-0.15, -0.1) is 11.3 Å². The van der Waals surface area contributed by atoms with Crippen LogP contribution in [0.15, 0.2) is 30.3 Å². The standard InChI is InChI=1S/C22H27NO6S/c1-6-27-19(24)16-14(2)17(30-18(16)23-21(26)29-22(3,4)5)20(25)28-13-12-15-10-8-7-9-11-15/h7-11H,6,12-13H2,1-5H3,(H,23,26). The van der Waals surface area contributed by atoms with E-state index in [4.69, 9.17) is 14.2 Å². The highest BCUT2D eigenvalue weighted by atomic mass is 32.1. The van der Waals surface area contributed by atoms with Gasteiger partial charge in [0.25, 0.3) is 0 Å². The lowest BCUT2D eigenvalue weighted by atomic mass is 10.1. The number of thiophene rings is 1. The average molecular weight is 434 g/mol. The normalized spacial score (nSPS) is 11.0. The van der Waals surface area contributed by atoms with Crippen LogP contribution >= 0.6 is 11.3 Å². The maximum absolute atomic E-state index is 12.6. The van der Waals surface area contributed by atoms with Gasteiger partial charge in [0.15, 0.2) is 0 Å². The third-order valence-corrected chi connectivity index (χ3v) is 5.08. The first-order chi connectivity index (χ1) is 14.1. The second-order valence-electron chi connectivity index (χ2n) is 7.48. The maximum Gasteiger partial charge on any atom is 0.412 e. The van der Waals surface area contributed by atoms with Crippen molar-refractivity contribution < 1.29 is 28.6 Å². The molecule has 0 saturated heterocycles. The van der Waals surface area contributed by atoms with Crippen molar-refractivity contribution in [2.24, 2.45) is 0 Å². The van der Waals surface area contributed by atoms with E-state index in [9.17, 15) is 14.4 Å². The summed E-state index contributed by atoms with van der Waals surface area (Å²) in [5, 5.41) is 2.74. The first-order valence-electron chi connectivity index (χ1n) is 9.64. The molecule has 0 aliphatic heterocycles. The number of hydrogen-bond donors (Lipinski definition) is 1. The smallest absolute Gasteiger partial charge is 0.412 e. The summed E-state index contributed by atoms with van der Waals surface area (Å²) < 4.78 is 15.7. The van der Waals surface area contributed by atoms with Crippen molar-refractivity contribution in [3.8, 4) is 0 Å². The first kappa shape index (κ1) is 23.4. The molecule has 0 spiro atoms. The lowest BCUT2D eigenvalue weighted by Crippen LogP contribution is -2.27. The SMILES string of the molecule is CCOC(=O)c1c(NC(=O)OC(C)(C)C)sc(C(=O)OCCc2ccccc2)c1C. The Balaban J connectivity index is 2.19. The van der Waals surface area contributed by atoms with Crippen molar-refractivity contribution >= 4 is 34.4 Å². The number of carbonyl (C=O) groups excluding carboxylic acids is 3. The molecule has 1 aromatic heterocycles. The van der Waals surface area contributed by atoms with Crippen molar-refractivity contribution in [2.45, 2.75) is 46.6 Å². The lowest BCUT2D eigenvalue weighted by molar-refractivity contribution is 0.0513. The zero-order valence-corrected chi connectivity index (χ0v) is 18.7. The Morgan fingerprint density at radius 1 is 1.03 bits per heavy atom. The van der Waals surface area contributed by atoms with E-state index >= 15 is 0 Å². The summed E-state index contributed by atoms with van der Waals surface area (Å²) in [6.45, 7) is 8.85. The number of nitrogens with one attached hydrogen (secondary N) is 1. The third-order valence-electron chi connectivity index (χ3n) is 3.89. The Bertz CT molecular complexity index is 898. The fourth-order valence-corrected chi connectivity index (χ4v) is 3.69. The number of carbonyl (C=O) groups is 3. The van der Waals surface area contributed by atoms with Crippen LogP contribution in [-0.4, -0.2) is 36.8 Å². The van der Waals surface area contributed by atoms with Gasteiger partial charge in [-0.3, -0.25) is 5.32 Å². The lowest BCUT2D eigenvalue weighted by Gasteiger charge is -2.19. The molecule has 0 radical (unpaired) electrons. The van der Waals surface area contributed by atoms with Crippen molar-refractivity contribution in [1.29, 1.82) is 0 Å². The predicted molar refractivity (Wildman–Crippen MR) is 115 cm³/mol. The summed E-state index contributed by atoms with van der Waals surface area (Å²) in [5.74, 6) is -1.18. The summed E-state index contributed by atoms with van der Waals surface area (Å²) in [6.07, 6.45) is -0.150. The predicted octanol–water partition coefficient (Wildman–Crippen LogP) is 4.98. The van der Waals surface area contributed by atoms with Crippen LogP contribution in [0.5, 0.6) is 0 Å². The minimum absolute atomic E-state index is 0.128. The second-order valence-corrected chi connectivity index (χ2v) is 8.50. The Morgan fingerprint density at radius 3 is 2.30 bits per heavy atom. The Labute approximate surface area is 180 Å². The van der Waals surface area contributed by atoms with Crippen LogP contribution in [0.2, 0.25) is 0 Å². The van der Waals surface area contributed by atoms with Gasteiger partial charge >= 0.3 is 18.0 Å². The Hall–Kier alpha value is -2.87. The highest BCUT2D eigenvalue weighted by Crippen LogP contribution is 2.34. The van der Waals surface area contributed by atoms with E-state index in [-0.39, 0.29) is 28.7 Å². The van der Waals surface area contributed by atoms with Crippen molar-refractivity contribution in [1.82, 2.24) is 0 Å². The van der Waals surface area contributed by atoms with Crippen LogP contribution in [0.4, 0.5) is 9.80 Å². The molecule has 1 aromatic carbocycles. The topological polar surface area (TPSA) is 90.9 Å². The number of amides is 1. The van der Waals surface area contributed by atoms with Gasteiger partial charge in [-0.25, -0.2) is 14.4 Å². The number of benzene rings is 1. The zero-order valence-electron chi connectivity index (χ0n) is 17.9. The molecule has 30 heavy (non-hydrogen) atoms. The molecule has 0 aliphatic rings. The molecular weight excluding hydrogens is 406 g/mol. The van der Waals surface area contributed by atoms with Crippen LogP contribution in [0.1, 0.15) is 58.9 Å². The first-order valence-corrected chi connectivity index (χ1v) is 10.5. The van der Waals surface area contributed by atoms with Crippen LogP contribution in [-0.2, 0) is 20.6 Å². The molecule has 0 aliphatic carbocycles. The fraction of sp³-hybridized carbons (Fsp3) is 0.409. The second kappa shape index (κ2) is 10.2. The van der Waals surface area contributed by atoms with Crippen LogP contribution in [0.3, 0.4) is 0 Å². The number of hydrogen-bond acceptors (Lipinski definition) is 7. The Morgan fingerprint density at radius 2 is 1.70 bits per heavy atom. The minimum atomic E-state index is -0.724. The number of ether oxygens (including phenoxy) is 3. The van der Waals surface area contributed by atoms with Crippen LogP contribution < -0.4 is 5.32 Å². The summed E-state index contributed by atoms with van der Waals surface area (Å²) in [5.41, 5.74) is 0.865. The summed E-state index contributed by atoms with van der Waals surface area (Å²) in [6, 6.07) is 9.65. The molecule has 0 unspecified atom stereocenters. The van der Waals surface area contributed by atoms with Gasteiger partial charge in [0, 0.05) is 6.42 Å². The van der Waals surface area contributed by atoms with Crippen LogP contribution in [0.25, 0.3) is 0 Å². The summed E-state index contributed by atoms with van der Waals surface area (Å²) in [4.78, 5) is 37.5. The van der Waals surface area contributed by atoms with E-state index in [1.54, 1.807) is 34.6 Å². The van der Waals surface area contributed by atoms with E-state index in [1.165, 1.54) is 0 Å². The van der Waals surface area contributed by atoms with Crippen molar-refractivity contribution in [2.75, 3.05) is 18.5 Å². The van der Waals surface area contributed by atoms with Gasteiger partial charge in [0.1, 0.15) is 15.5 Å². The van der Waals surface area contributed by atoms with Gasteiger partial charge in [-0.2, -0.15) is 0 Å².